The molecule has 0 aliphatic heterocycles. The molecule has 0 saturated heterocycles. The maximum absolute atomic E-state index is 2.47. The van der Waals surface area contributed by atoms with Crippen molar-refractivity contribution in [1.82, 2.24) is 0 Å². The molecule has 0 fully saturated rings. The lowest BCUT2D eigenvalue weighted by Crippen LogP contribution is -2.11. The molecule has 0 atom stereocenters. The Morgan fingerprint density at radius 3 is 1.27 bits per heavy atom. The minimum atomic E-state index is 1.09. The molecule has 12 aromatic rings. The summed E-state index contributed by atoms with van der Waals surface area (Å²) in [6.45, 7) is 0. The molecule has 0 aliphatic rings. The van der Waals surface area contributed by atoms with Gasteiger partial charge in [0.25, 0.3) is 0 Å². The fourth-order valence-electron chi connectivity index (χ4n) is 9.96. The van der Waals surface area contributed by atoms with Gasteiger partial charge in [-0.1, -0.05) is 218 Å². The highest BCUT2D eigenvalue weighted by Crippen LogP contribution is 2.47. The van der Waals surface area contributed by atoms with Gasteiger partial charge in [0.15, 0.2) is 0 Å². The second-order valence-corrected chi connectivity index (χ2v) is 16.4. The van der Waals surface area contributed by atoms with E-state index in [4.69, 9.17) is 0 Å². The molecule has 0 heterocycles. The Bertz CT molecular complexity index is 3530. The lowest BCUT2D eigenvalue weighted by atomic mass is 9.90. The first-order valence-electron chi connectivity index (χ1n) is 21.8. The maximum Gasteiger partial charge on any atom is 0.0540 e. The predicted molar refractivity (Wildman–Crippen MR) is 270 cm³/mol. The van der Waals surface area contributed by atoms with Gasteiger partial charge in [-0.15, -0.1) is 0 Å². The molecule has 1 heteroatoms. The number of fused-ring (bicyclic) bond motifs is 7. The summed E-state index contributed by atoms with van der Waals surface area (Å²) < 4.78 is 0. The van der Waals surface area contributed by atoms with Crippen LogP contribution in [-0.2, 0) is 0 Å². The molecular weight excluding hydrogens is 759 g/mol. The van der Waals surface area contributed by atoms with Crippen LogP contribution in [0.15, 0.2) is 249 Å². The molecule has 0 amide bonds. The third kappa shape index (κ3) is 6.33. The van der Waals surface area contributed by atoms with Crippen LogP contribution in [0.2, 0.25) is 0 Å². The van der Waals surface area contributed by atoms with E-state index in [1.165, 1.54) is 92.8 Å². The highest BCUT2D eigenvalue weighted by atomic mass is 15.1. The molecule has 0 spiro atoms. The quantitative estimate of drug-likeness (QED) is 0.145. The van der Waals surface area contributed by atoms with E-state index in [1.54, 1.807) is 0 Å². The van der Waals surface area contributed by atoms with Gasteiger partial charge in [0.05, 0.1) is 5.69 Å². The normalized spacial score (nSPS) is 11.5. The molecule has 0 bridgehead atoms. The van der Waals surface area contributed by atoms with Crippen molar-refractivity contribution >= 4 is 70.9 Å². The fourth-order valence-corrected chi connectivity index (χ4v) is 9.96. The van der Waals surface area contributed by atoms with E-state index in [9.17, 15) is 0 Å². The molecule has 1 nitrogen and oxygen atoms in total. The zero-order valence-corrected chi connectivity index (χ0v) is 34.6. The standard InChI is InChI=1S/C62H41N/c1-2-16-42(17-3-1)54-31-12-20-45-21-13-34-60(62(45)54)59-28-8-9-35-61(59)63(48-24-10-22-46(40-48)52-29-14-32-55-50-26-6-4-18-43(50)36-38-57(52)55)49-25-11-23-47(41-49)53-30-15-33-56-51-27-7-5-19-44(51)37-39-58(53)56/h1-41H. The van der Waals surface area contributed by atoms with E-state index in [1.807, 2.05) is 0 Å². The average molecular weight is 800 g/mol. The van der Waals surface area contributed by atoms with Crippen molar-refractivity contribution in [3.8, 4) is 44.5 Å². The van der Waals surface area contributed by atoms with Crippen LogP contribution in [0.1, 0.15) is 0 Å². The van der Waals surface area contributed by atoms with Gasteiger partial charge >= 0.3 is 0 Å². The van der Waals surface area contributed by atoms with Crippen molar-refractivity contribution in [2.24, 2.45) is 0 Å². The molecular formula is C62H41N. The van der Waals surface area contributed by atoms with Crippen LogP contribution in [-0.4, -0.2) is 0 Å². The van der Waals surface area contributed by atoms with E-state index in [2.05, 4.69) is 254 Å². The van der Waals surface area contributed by atoms with E-state index in [-0.39, 0.29) is 0 Å². The minimum absolute atomic E-state index is 1.09. The van der Waals surface area contributed by atoms with Crippen LogP contribution in [0.4, 0.5) is 17.1 Å². The molecule has 294 valence electrons. The summed E-state index contributed by atoms with van der Waals surface area (Å²) in [6, 6.07) is 91.2. The monoisotopic (exact) mass is 799 g/mol. The summed E-state index contributed by atoms with van der Waals surface area (Å²) in [4.78, 5) is 2.47. The largest absolute Gasteiger partial charge is 0.310 e. The highest BCUT2D eigenvalue weighted by Gasteiger charge is 2.21. The van der Waals surface area contributed by atoms with Crippen LogP contribution >= 0.6 is 0 Å². The van der Waals surface area contributed by atoms with Crippen molar-refractivity contribution in [2.45, 2.75) is 0 Å². The van der Waals surface area contributed by atoms with Crippen molar-refractivity contribution in [3.05, 3.63) is 249 Å². The lowest BCUT2D eigenvalue weighted by Gasteiger charge is -2.29. The minimum Gasteiger partial charge on any atom is -0.310 e. The van der Waals surface area contributed by atoms with Gasteiger partial charge in [-0.25, -0.2) is 0 Å². The highest BCUT2D eigenvalue weighted by molar-refractivity contribution is 6.14. The molecule has 0 aromatic heterocycles. The number of nitrogens with zero attached hydrogens (tertiary/aromatic N) is 1. The summed E-state index contributed by atoms with van der Waals surface area (Å²) in [5, 5.41) is 12.5. The van der Waals surface area contributed by atoms with Gasteiger partial charge < -0.3 is 4.90 Å². The van der Waals surface area contributed by atoms with Crippen molar-refractivity contribution in [2.75, 3.05) is 4.90 Å². The predicted octanol–water partition coefficient (Wildman–Crippen LogP) is 17.6. The van der Waals surface area contributed by atoms with Gasteiger partial charge in [-0.2, -0.15) is 0 Å². The Morgan fingerprint density at radius 2 is 0.651 bits per heavy atom. The SMILES string of the molecule is c1ccc(-c2cccc3cccc(-c4ccccc4N(c4cccc(-c5cccc6c5ccc5ccccc56)c4)c4cccc(-c5cccc6c5ccc5ccccc56)c4)c23)cc1. The van der Waals surface area contributed by atoms with Crippen LogP contribution in [0, 0.1) is 0 Å². The van der Waals surface area contributed by atoms with E-state index in [0.717, 1.165) is 22.6 Å². The van der Waals surface area contributed by atoms with Gasteiger partial charge in [-0.05, 0) is 123 Å². The van der Waals surface area contributed by atoms with Crippen LogP contribution in [0.5, 0.6) is 0 Å². The number of hydrogen-bond donors (Lipinski definition) is 0. The second-order valence-electron chi connectivity index (χ2n) is 16.4. The van der Waals surface area contributed by atoms with Crippen LogP contribution < -0.4 is 4.90 Å². The Balaban J connectivity index is 1.09. The van der Waals surface area contributed by atoms with Crippen molar-refractivity contribution < 1.29 is 0 Å². The third-order valence-corrected chi connectivity index (χ3v) is 12.8. The van der Waals surface area contributed by atoms with Crippen molar-refractivity contribution in [1.29, 1.82) is 0 Å². The van der Waals surface area contributed by atoms with Gasteiger partial charge in [0, 0.05) is 16.9 Å². The van der Waals surface area contributed by atoms with E-state index >= 15 is 0 Å². The van der Waals surface area contributed by atoms with Crippen molar-refractivity contribution in [3.63, 3.8) is 0 Å². The Labute approximate surface area is 367 Å². The second kappa shape index (κ2) is 15.3. The maximum atomic E-state index is 2.47. The lowest BCUT2D eigenvalue weighted by molar-refractivity contribution is 1.28. The first-order valence-corrected chi connectivity index (χ1v) is 21.8. The Kier molecular flexibility index (Phi) is 8.90. The first kappa shape index (κ1) is 36.6. The summed E-state index contributed by atoms with van der Waals surface area (Å²) >= 11 is 0. The molecule has 0 N–H and O–H groups in total. The molecule has 63 heavy (non-hydrogen) atoms. The molecule has 0 aliphatic carbocycles. The van der Waals surface area contributed by atoms with Crippen LogP contribution in [0.25, 0.3) is 98.4 Å². The molecule has 0 saturated carbocycles. The number of benzene rings is 12. The molecule has 12 rings (SSSR count). The Morgan fingerprint density at radius 1 is 0.222 bits per heavy atom. The summed E-state index contributed by atoms with van der Waals surface area (Å²) in [7, 11) is 0. The average Bonchev–Trinajstić information content (AvgIpc) is 3.36. The number of anilines is 3. The zero-order valence-electron chi connectivity index (χ0n) is 34.6. The summed E-state index contributed by atoms with van der Waals surface area (Å²) in [6.07, 6.45) is 0. The van der Waals surface area contributed by atoms with Gasteiger partial charge in [0.1, 0.15) is 0 Å². The third-order valence-electron chi connectivity index (χ3n) is 12.8. The van der Waals surface area contributed by atoms with E-state index in [0.29, 0.717) is 0 Å². The molecule has 0 radical (unpaired) electrons. The van der Waals surface area contributed by atoms with Gasteiger partial charge in [0.2, 0.25) is 0 Å². The number of hydrogen-bond acceptors (Lipinski definition) is 1. The van der Waals surface area contributed by atoms with Gasteiger partial charge in [-0.3, -0.25) is 0 Å². The summed E-state index contributed by atoms with van der Waals surface area (Å²) in [5.41, 5.74) is 12.8. The summed E-state index contributed by atoms with van der Waals surface area (Å²) in [5.74, 6) is 0. The van der Waals surface area contributed by atoms with Crippen LogP contribution in [0.3, 0.4) is 0 Å². The fraction of sp³-hybridized carbons (Fsp3) is 0. The zero-order chi connectivity index (χ0) is 41.7. The topological polar surface area (TPSA) is 3.24 Å². The van der Waals surface area contributed by atoms with E-state index < -0.39 is 0 Å². The molecule has 0 unspecified atom stereocenters. The first-order chi connectivity index (χ1) is 31.3. The Hall–Kier alpha value is -8.26. The smallest absolute Gasteiger partial charge is 0.0540 e. The number of rotatable bonds is 7. The number of para-hydroxylation sites is 1. The molecule has 12 aromatic carbocycles.